The van der Waals surface area contributed by atoms with Crippen molar-refractivity contribution in [3.05, 3.63) is 17.1 Å². The van der Waals surface area contributed by atoms with Gasteiger partial charge in [0.25, 0.3) is 0 Å². The molecule has 1 aromatic heterocycles. The number of carbonyl (C=O) groups is 1. The Bertz CT molecular complexity index is 559. The van der Waals surface area contributed by atoms with Crippen LogP contribution >= 0.6 is 0 Å². The summed E-state index contributed by atoms with van der Waals surface area (Å²) in [6.45, 7) is 5.53. The zero-order valence-corrected chi connectivity index (χ0v) is 12.8. The second-order valence-electron chi connectivity index (χ2n) is 6.51. The molecule has 2 heterocycles. The molecule has 1 fully saturated rings. The van der Waals surface area contributed by atoms with Crippen molar-refractivity contribution in [2.24, 2.45) is 11.8 Å². The Labute approximate surface area is 125 Å². The van der Waals surface area contributed by atoms with Crippen molar-refractivity contribution in [1.29, 1.82) is 0 Å². The molecule has 0 saturated carbocycles. The monoisotopic (exact) mass is 289 g/mol. The van der Waals surface area contributed by atoms with Crippen LogP contribution < -0.4 is 4.90 Å². The van der Waals surface area contributed by atoms with Gasteiger partial charge in [-0.05, 0) is 44.9 Å². The maximum absolute atomic E-state index is 11.4. The van der Waals surface area contributed by atoms with E-state index in [1.807, 2.05) is 6.92 Å². The maximum atomic E-state index is 11.4. The first-order chi connectivity index (χ1) is 10.0. The molecular weight excluding hydrogens is 266 g/mol. The molecule has 1 aromatic rings. The fraction of sp³-hybridized carbons (Fsp3) is 0.688. The SMILES string of the molecule is Cc1nc2c(c(N3C[C@@H](C)C[C@@H](C(=O)O)C3)n1)CCCC2. The fourth-order valence-corrected chi connectivity index (χ4v) is 3.66. The lowest BCUT2D eigenvalue weighted by molar-refractivity contribution is -0.142. The van der Waals surface area contributed by atoms with Crippen LogP contribution in [0.5, 0.6) is 0 Å². The number of aromatic nitrogens is 2. The third kappa shape index (κ3) is 2.87. The van der Waals surface area contributed by atoms with Crippen molar-refractivity contribution in [1.82, 2.24) is 9.97 Å². The number of rotatable bonds is 2. The van der Waals surface area contributed by atoms with Gasteiger partial charge in [0.05, 0.1) is 5.92 Å². The van der Waals surface area contributed by atoms with Gasteiger partial charge in [-0.2, -0.15) is 0 Å². The van der Waals surface area contributed by atoms with Crippen LogP contribution in [-0.2, 0) is 17.6 Å². The average Bonchev–Trinajstić information content (AvgIpc) is 2.45. The van der Waals surface area contributed by atoms with Crippen LogP contribution in [0.2, 0.25) is 0 Å². The van der Waals surface area contributed by atoms with Gasteiger partial charge < -0.3 is 10.0 Å². The van der Waals surface area contributed by atoms with Crippen molar-refractivity contribution in [2.45, 2.75) is 46.0 Å². The molecule has 2 aliphatic rings. The molecule has 21 heavy (non-hydrogen) atoms. The summed E-state index contributed by atoms with van der Waals surface area (Å²) in [4.78, 5) is 22.8. The number of piperidine rings is 1. The van der Waals surface area contributed by atoms with Gasteiger partial charge in [0.15, 0.2) is 0 Å². The Hall–Kier alpha value is -1.65. The second kappa shape index (κ2) is 5.62. The zero-order valence-electron chi connectivity index (χ0n) is 12.8. The molecule has 0 bridgehead atoms. The Morgan fingerprint density at radius 3 is 2.76 bits per heavy atom. The molecule has 114 valence electrons. The predicted octanol–water partition coefficient (Wildman–Crippen LogP) is 2.21. The summed E-state index contributed by atoms with van der Waals surface area (Å²) in [7, 11) is 0. The first kappa shape index (κ1) is 14.3. The quantitative estimate of drug-likeness (QED) is 0.904. The van der Waals surface area contributed by atoms with E-state index in [9.17, 15) is 9.90 Å². The Morgan fingerprint density at radius 1 is 1.24 bits per heavy atom. The number of nitrogens with zero attached hydrogens (tertiary/aromatic N) is 3. The lowest BCUT2D eigenvalue weighted by Gasteiger charge is -2.37. The summed E-state index contributed by atoms with van der Waals surface area (Å²) >= 11 is 0. The van der Waals surface area contributed by atoms with Gasteiger partial charge in [-0.25, -0.2) is 9.97 Å². The highest BCUT2D eigenvalue weighted by molar-refractivity contribution is 5.71. The molecule has 1 saturated heterocycles. The molecule has 5 nitrogen and oxygen atoms in total. The minimum absolute atomic E-state index is 0.289. The largest absolute Gasteiger partial charge is 0.481 e. The van der Waals surface area contributed by atoms with Crippen molar-refractivity contribution in [2.75, 3.05) is 18.0 Å². The van der Waals surface area contributed by atoms with Crippen LogP contribution in [0.15, 0.2) is 0 Å². The van der Waals surface area contributed by atoms with Gasteiger partial charge in [-0.15, -0.1) is 0 Å². The number of aryl methyl sites for hydroxylation is 2. The third-order valence-corrected chi connectivity index (χ3v) is 4.58. The number of carboxylic acids is 1. The van der Waals surface area contributed by atoms with Crippen LogP contribution in [0.3, 0.4) is 0 Å². The predicted molar refractivity (Wildman–Crippen MR) is 80.5 cm³/mol. The van der Waals surface area contributed by atoms with E-state index < -0.39 is 5.97 Å². The number of fused-ring (bicyclic) bond motifs is 1. The highest BCUT2D eigenvalue weighted by Crippen LogP contribution is 2.32. The summed E-state index contributed by atoms with van der Waals surface area (Å²) < 4.78 is 0. The summed E-state index contributed by atoms with van der Waals surface area (Å²) in [5, 5.41) is 9.35. The van der Waals surface area contributed by atoms with Crippen LogP contribution in [0.25, 0.3) is 0 Å². The van der Waals surface area contributed by atoms with Crippen LogP contribution in [-0.4, -0.2) is 34.1 Å². The number of anilines is 1. The number of carboxylic acid groups (broad SMARTS) is 1. The molecule has 0 spiro atoms. The van der Waals surface area contributed by atoms with Crippen LogP contribution in [0.1, 0.15) is 43.3 Å². The number of hydrogen-bond acceptors (Lipinski definition) is 4. The lowest BCUT2D eigenvalue weighted by Crippen LogP contribution is -2.43. The van der Waals surface area contributed by atoms with Crippen LogP contribution in [0.4, 0.5) is 5.82 Å². The standard InChI is InChI=1S/C16H23N3O2/c1-10-7-12(16(20)21)9-19(8-10)15-13-5-3-4-6-14(13)17-11(2)18-15/h10,12H,3-9H2,1-2H3,(H,20,21)/t10-,12+/m0/s1. The molecule has 1 N–H and O–H groups in total. The van der Waals surface area contributed by atoms with E-state index in [1.165, 1.54) is 24.1 Å². The molecular formula is C16H23N3O2. The van der Waals surface area contributed by atoms with Crippen molar-refractivity contribution in [3.8, 4) is 0 Å². The highest BCUT2D eigenvalue weighted by Gasteiger charge is 2.32. The van der Waals surface area contributed by atoms with E-state index in [2.05, 4.69) is 21.8 Å². The maximum Gasteiger partial charge on any atom is 0.308 e. The zero-order chi connectivity index (χ0) is 15.0. The Morgan fingerprint density at radius 2 is 2.00 bits per heavy atom. The van der Waals surface area contributed by atoms with Gasteiger partial charge in [0, 0.05) is 24.3 Å². The lowest BCUT2D eigenvalue weighted by atomic mass is 9.89. The van der Waals surface area contributed by atoms with E-state index in [0.717, 1.165) is 37.4 Å². The summed E-state index contributed by atoms with van der Waals surface area (Å²) in [5.74, 6) is 1.20. The molecule has 1 aliphatic heterocycles. The first-order valence-electron chi connectivity index (χ1n) is 7.88. The van der Waals surface area contributed by atoms with E-state index in [0.29, 0.717) is 12.5 Å². The van der Waals surface area contributed by atoms with E-state index in [4.69, 9.17) is 0 Å². The van der Waals surface area contributed by atoms with Gasteiger partial charge in [-0.3, -0.25) is 4.79 Å². The molecule has 3 rings (SSSR count). The second-order valence-corrected chi connectivity index (χ2v) is 6.51. The molecule has 1 aliphatic carbocycles. The van der Waals surface area contributed by atoms with Gasteiger partial charge in [0.2, 0.25) is 0 Å². The molecule has 0 aromatic carbocycles. The highest BCUT2D eigenvalue weighted by atomic mass is 16.4. The third-order valence-electron chi connectivity index (χ3n) is 4.58. The molecule has 2 atom stereocenters. The summed E-state index contributed by atoms with van der Waals surface area (Å²) in [5.41, 5.74) is 2.43. The Balaban J connectivity index is 1.95. The van der Waals surface area contributed by atoms with Crippen LogP contribution in [0, 0.1) is 18.8 Å². The molecule has 0 unspecified atom stereocenters. The van der Waals surface area contributed by atoms with Gasteiger partial charge in [0.1, 0.15) is 11.6 Å². The molecule has 0 amide bonds. The van der Waals surface area contributed by atoms with Gasteiger partial charge in [-0.1, -0.05) is 6.92 Å². The Kier molecular flexibility index (Phi) is 3.83. The number of hydrogen-bond donors (Lipinski definition) is 1. The van der Waals surface area contributed by atoms with E-state index >= 15 is 0 Å². The van der Waals surface area contributed by atoms with Crippen molar-refractivity contribution in [3.63, 3.8) is 0 Å². The fourth-order valence-electron chi connectivity index (χ4n) is 3.66. The summed E-state index contributed by atoms with van der Waals surface area (Å²) in [6, 6.07) is 0. The first-order valence-corrected chi connectivity index (χ1v) is 7.88. The van der Waals surface area contributed by atoms with Crippen molar-refractivity contribution >= 4 is 11.8 Å². The van der Waals surface area contributed by atoms with E-state index in [1.54, 1.807) is 0 Å². The number of aliphatic carboxylic acids is 1. The minimum Gasteiger partial charge on any atom is -0.481 e. The average molecular weight is 289 g/mol. The molecule has 0 radical (unpaired) electrons. The normalized spacial score (nSPS) is 25.5. The van der Waals surface area contributed by atoms with E-state index in [-0.39, 0.29) is 5.92 Å². The minimum atomic E-state index is -0.689. The summed E-state index contributed by atoms with van der Waals surface area (Å²) in [6.07, 6.45) is 5.18. The topological polar surface area (TPSA) is 66.3 Å². The van der Waals surface area contributed by atoms with Crippen molar-refractivity contribution < 1.29 is 9.90 Å². The smallest absolute Gasteiger partial charge is 0.308 e. The molecule has 5 heteroatoms. The van der Waals surface area contributed by atoms with Gasteiger partial charge >= 0.3 is 5.97 Å².